The molecule has 0 fully saturated rings. The molecule has 0 saturated heterocycles. The molecule has 0 saturated carbocycles. The van der Waals surface area contributed by atoms with E-state index in [0.717, 1.165) is 35.3 Å². The Kier molecular flexibility index (Phi) is 5.16. The van der Waals surface area contributed by atoms with E-state index in [1.165, 1.54) is 35.6 Å². The van der Waals surface area contributed by atoms with Gasteiger partial charge in [0.15, 0.2) is 0 Å². The van der Waals surface area contributed by atoms with Crippen molar-refractivity contribution >= 4 is 28.2 Å². The molecule has 2 aromatic heterocycles. The fourth-order valence-corrected chi connectivity index (χ4v) is 4.56. The smallest absolute Gasteiger partial charge is 0.256 e. The lowest BCUT2D eigenvalue weighted by molar-refractivity contribution is 0.0951. The van der Waals surface area contributed by atoms with Crippen LogP contribution in [0.1, 0.15) is 43.1 Å². The van der Waals surface area contributed by atoms with Gasteiger partial charge < -0.3 is 10.6 Å². The van der Waals surface area contributed by atoms with Gasteiger partial charge in [0.1, 0.15) is 10.8 Å². The molecule has 7 heteroatoms. The zero-order chi connectivity index (χ0) is 19.5. The quantitative estimate of drug-likeness (QED) is 0.687. The molecule has 0 aliphatic heterocycles. The minimum atomic E-state index is -0.401. The number of anilines is 1. The van der Waals surface area contributed by atoms with Crippen LogP contribution in [-0.4, -0.2) is 16.8 Å². The van der Waals surface area contributed by atoms with Gasteiger partial charge in [0.05, 0.1) is 5.56 Å². The minimum absolute atomic E-state index is 0.211. The van der Waals surface area contributed by atoms with Crippen molar-refractivity contribution in [2.24, 2.45) is 0 Å². The van der Waals surface area contributed by atoms with Crippen LogP contribution in [0.15, 0.2) is 48.8 Å². The van der Waals surface area contributed by atoms with Gasteiger partial charge in [-0.1, -0.05) is 6.07 Å². The van der Waals surface area contributed by atoms with Gasteiger partial charge in [0.2, 0.25) is 0 Å². The number of aryl methyl sites for hydroxylation is 1. The van der Waals surface area contributed by atoms with E-state index in [0.29, 0.717) is 22.7 Å². The molecular weight excluding hydrogens is 377 g/mol. The molecule has 0 radical (unpaired) electrons. The van der Waals surface area contributed by atoms with E-state index in [9.17, 15) is 14.0 Å². The highest BCUT2D eigenvalue weighted by atomic mass is 32.1. The van der Waals surface area contributed by atoms with Crippen LogP contribution in [0.2, 0.25) is 0 Å². The van der Waals surface area contributed by atoms with E-state index in [1.807, 2.05) is 12.1 Å². The monoisotopic (exact) mass is 395 g/mol. The van der Waals surface area contributed by atoms with Crippen molar-refractivity contribution in [3.8, 4) is 0 Å². The van der Waals surface area contributed by atoms with Crippen LogP contribution in [0.25, 0.3) is 0 Å². The lowest BCUT2D eigenvalue weighted by Gasteiger charge is -2.10. The van der Waals surface area contributed by atoms with Gasteiger partial charge in [-0.15, -0.1) is 11.3 Å². The maximum Gasteiger partial charge on any atom is 0.256 e. The number of rotatable bonds is 5. The first-order chi connectivity index (χ1) is 13.6. The van der Waals surface area contributed by atoms with Crippen LogP contribution >= 0.6 is 11.3 Å². The Hall–Kier alpha value is -3.06. The third kappa shape index (κ3) is 3.80. The summed E-state index contributed by atoms with van der Waals surface area (Å²) in [7, 11) is 0. The van der Waals surface area contributed by atoms with Crippen molar-refractivity contribution in [1.29, 1.82) is 0 Å². The van der Waals surface area contributed by atoms with Gasteiger partial charge in [0.25, 0.3) is 11.8 Å². The Bertz CT molecular complexity index is 1020. The molecule has 1 aliphatic carbocycles. The summed E-state index contributed by atoms with van der Waals surface area (Å²) in [5.74, 6) is -0.971. The van der Waals surface area contributed by atoms with E-state index < -0.39 is 5.82 Å². The van der Waals surface area contributed by atoms with Crippen molar-refractivity contribution in [3.05, 3.63) is 81.7 Å². The van der Waals surface area contributed by atoms with Crippen molar-refractivity contribution in [1.82, 2.24) is 10.3 Å². The van der Waals surface area contributed by atoms with E-state index in [2.05, 4.69) is 15.6 Å². The highest BCUT2D eigenvalue weighted by Gasteiger charge is 2.27. The Morgan fingerprint density at radius 3 is 2.68 bits per heavy atom. The van der Waals surface area contributed by atoms with Crippen LogP contribution < -0.4 is 10.6 Å². The Morgan fingerprint density at radius 2 is 1.93 bits per heavy atom. The number of thiophene rings is 1. The highest BCUT2D eigenvalue weighted by molar-refractivity contribution is 7.17. The number of halogens is 1. The number of benzene rings is 1. The van der Waals surface area contributed by atoms with E-state index >= 15 is 0 Å². The largest absolute Gasteiger partial charge is 0.348 e. The van der Waals surface area contributed by atoms with Crippen molar-refractivity contribution in [2.75, 3.05) is 5.32 Å². The number of amides is 2. The molecule has 142 valence electrons. The standard InChI is InChI=1S/C21H18FN3O2S/c22-15-8-6-14(7-9-15)19(26)25-21-18(16-4-1-5-17(16)28-21)20(27)24-12-13-3-2-10-23-11-13/h2-3,6-11H,1,4-5,12H2,(H,24,27)(H,25,26). The third-order valence-corrected chi connectivity index (χ3v) is 5.86. The van der Waals surface area contributed by atoms with Gasteiger partial charge in [-0.3, -0.25) is 14.6 Å². The number of pyridine rings is 1. The number of nitrogens with one attached hydrogen (secondary N) is 2. The maximum absolute atomic E-state index is 13.1. The Balaban J connectivity index is 1.55. The summed E-state index contributed by atoms with van der Waals surface area (Å²) in [6.45, 7) is 0.364. The first-order valence-corrected chi connectivity index (χ1v) is 9.82. The fourth-order valence-electron chi connectivity index (χ4n) is 3.28. The average molecular weight is 395 g/mol. The second-order valence-electron chi connectivity index (χ2n) is 6.57. The van der Waals surface area contributed by atoms with Gasteiger partial charge in [-0.05, 0) is 60.7 Å². The predicted octanol–water partition coefficient (Wildman–Crippen LogP) is 3.95. The lowest BCUT2D eigenvalue weighted by Crippen LogP contribution is -2.25. The van der Waals surface area contributed by atoms with Crippen LogP contribution in [0.5, 0.6) is 0 Å². The molecule has 0 spiro atoms. The van der Waals surface area contributed by atoms with Gasteiger partial charge in [-0.2, -0.15) is 0 Å². The molecule has 5 nitrogen and oxygen atoms in total. The van der Waals surface area contributed by atoms with Gasteiger partial charge >= 0.3 is 0 Å². The summed E-state index contributed by atoms with van der Waals surface area (Å²) >= 11 is 1.45. The molecule has 28 heavy (non-hydrogen) atoms. The Labute approximate surface area is 165 Å². The van der Waals surface area contributed by atoms with Gasteiger partial charge in [-0.25, -0.2) is 4.39 Å². The summed E-state index contributed by atoms with van der Waals surface area (Å²) in [4.78, 5) is 30.6. The molecule has 2 amide bonds. The lowest BCUT2D eigenvalue weighted by atomic mass is 10.1. The minimum Gasteiger partial charge on any atom is -0.348 e. The first-order valence-electron chi connectivity index (χ1n) is 9.00. The van der Waals surface area contributed by atoms with Crippen LogP contribution in [0, 0.1) is 5.82 Å². The number of nitrogens with zero attached hydrogens (tertiary/aromatic N) is 1. The third-order valence-electron chi connectivity index (χ3n) is 4.66. The topological polar surface area (TPSA) is 71.1 Å². The van der Waals surface area contributed by atoms with Gasteiger partial charge in [0, 0.05) is 29.4 Å². The first kappa shape index (κ1) is 18.3. The van der Waals surface area contributed by atoms with E-state index in [1.54, 1.807) is 12.4 Å². The van der Waals surface area contributed by atoms with E-state index in [-0.39, 0.29) is 11.8 Å². The molecule has 2 heterocycles. The summed E-state index contributed by atoms with van der Waals surface area (Å²) in [5.41, 5.74) is 2.80. The van der Waals surface area contributed by atoms with Crippen LogP contribution in [0.4, 0.5) is 9.39 Å². The predicted molar refractivity (Wildman–Crippen MR) is 106 cm³/mol. The van der Waals surface area contributed by atoms with Crippen LogP contribution in [-0.2, 0) is 19.4 Å². The van der Waals surface area contributed by atoms with Crippen molar-refractivity contribution in [3.63, 3.8) is 0 Å². The molecular formula is C21H18FN3O2S. The average Bonchev–Trinajstić information content (AvgIpc) is 3.28. The number of hydrogen-bond donors (Lipinski definition) is 2. The molecule has 1 aromatic carbocycles. The maximum atomic E-state index is 13.1. The fraction of sp³-hybridized carbons (Fsp3) is 0.190. The summed E-state index contributed by atoms with van der Waals surface area (Å²) in [6.07, 6.45) is 6.13. The number of carbonyl (C=O) groups is 2. The van der Waals surface area contributed by atoms with Crippen molar-refractivity contribution < 1.29 is 14.0 Å². The Morgan fingerprint density at radius 1 is 1.11 bits per heavy atom. The van der Waals surface area contributed by atoms with Crippen LogP contribution in [0.3, 0.4) is 0 Å². The van der Waals surface area contributed by atoms with E-state index in [4.69, 9.17) is 0 Å². The summed E-state index contributed by atoms with van der Waals surface area (Å²) in [5, 5.41) is 6.30. The molecule has 2 N–H and O–H groups in total. The zero-order valence-corrected chi connectivity index (χ0v) is 15.8. The molecule has 0 unspecified atom stereocenters. The number of aromatic nitrogens is 1. The second kappa shape index (κ2) is 7.90. The molecule has 1 aliphatic rings. The SMILES string of the molecule is O=C(Nc1sc2c(c1C(=O)NCc1cccnc1)CCC2)c1ccc(F)cc1. The molecule has 0 atom stereocenters. The van der Waals surface area contributed by atoms with Crippen molar-refractivity contribution in [2.45, 2.75) is 25.8 Å². The normalized spacial score (nSPS) is 12.5. The number of hydrogen-bond acceptors (Lipinski definition) is 4. The number of carbonyl (C=O) groups excluding carboxylic acids is 2. The highest BCUT2D eigenvalue weighted by Crippen LogP contribution is 2.39. The second-order valence-corrected chi connectivity index (χ2v) is 7.67. The summed E-state index contributed by atoms with van der Waals surface area (Å²) in [6, 6.07) is 9.04. The molecule has 3 aromatic rings. The molecule has 0 bridgehead atoms. The zero-order valence-electron chi connectivity index (χ0n) is 15.0. The number of fused-ring (bicyclic) bond motifs is 1. The summed E-state index contributed by atoms with van der Waals surface area (Å²) < 4.78 is 13.1. The molecule has 4 rings (SSSR count).